The summed E-state index contributed by atoms with van der Waals surface area (Å²) in [5.74, 6) is 0.627. The Balaban J connectivity index is 1.46. The number of benzene rings is 2. The van der Waals surface area contributed by atoms with Crippen LogP contribution in [0.2, 0.25) is 0 Å². The van der Waals surface area contributed by atoms with Crippen LogP contribution in [0.4, 0.5) is 17.2 Å². The standard InChI is InChI=1S/C20H18N6O/c1-14(27)22-16-4-6-17(7-5-16)23-20-12-19(24-25-20)15-2-8-18(9-3-15)26-11-10-21-13-26/h2-13H,1H3,(H,22,27)(H2,23,24,25). The van der Waals surface area contributed by atoms with E-state index < -0.39 is 0 Å². The van der Waals surface area contributed by atoms with E-state index in [0.717, 1.165) is 34.1 Å². The van der Waals surface area contributed by atoms with Crippen molar-refractivity contribution in [3.8, 4) is 16.9 Å². The minimum atomic E-state index is -0.0910. The molecule has 0 radical (unpaired) electrons. The van der Waals surface area contributed by atoms with Crippen LogP contribution in [0, 0.1) is 0 Å². The summed E-state index contributed by atoms with van der Waals surface area (Å²) in [4.78, 5) is 15.1. The molecule has 4 rings (SSSR count). The minimum absolute atomic E-state index is 0.0910. The van der Waals surface area contributed by atoms with Crippen LogP contribution in [0.15, 0.2) is 73.3 Å². The van der Waals surface area contributed by atoms with Gasteiger partial charge >= 0.3 is 0 Å². The lowest BCUT2D eigenvalue weighted by molar-refractivity contribution is -0.114. The van der Waals surface area contributed by atoms with Gasteiger partial charge in [0.2, 0.25) is 5.91 Å². The normalized spacial score (nSPS) is 10.6. The molecule has 134 valence electrons. The van der Waals surface area contributed by atoms with Crippen molar-refractivity contribution in [3.05, 3.63) is 73.3 Å². The van der Waals surface area contributed by atoms with Crippen molar-refractivity contribution in [1.82, 2.24) is 19.7 Å². The fourth-order valence-corrected chi connectivity index (χ4v) is 2.75. The maximum atomic E-state index is 11.1. The van der Waals surface area contributed by atoms with Crippen LogP contribution >= 0.6 is 0 Å². The van der Waals surface area contributed by atoms with E-state index in [-0.39, 0.29) is 5.91 Å². The first kappa shape index (κ1) is 16.6. The Morgan fingerprint density at radius 1 is 1.04 bits per heavy atom. The number of anilines is 3. The zero-order valence-corrected chi connectivity index (χ0v) is 14.7. The molecule has 7 heteroatoms. The fraction of sp³-hybridized carbons (Fsp3) is 0.0500. The third-order valence-electron chi connectivity index (χ3n) is 4.04. The minimum Gasteiger partial charge on any atom is -0.339 e. The second-order valence-corrected chi connectivity index (χ2v) is 6.07. The molecule has 0 fully saturated rings. The zero-order chi connectivity index (χ0) is 18.6. The summed E-state index contributed by atoms with van der Waals surface area (Å²) in [5.41, 5.74) is 4.66. The molecule has 2 heterocycles. The average Bonchev–Trinajstić information content (AvgIpc) is 3.35. The van der Waals surface area contributed by atoms with E-state index in [2.05, 4.69) is 25.8 Å². The van der Waals surface area contributed by atoms with Crippen molar-refractivity contribution < 1.29 is 4.79 Å². The molecule has 0 atom stereocenters. The van der Waals surface area contributed by atoms with Gasteiger partial charge in [0.15, 0.2) is 5.82 Å². The highest BCUT2D eigenvalue weighted by Gasteiger charge is 2.05. The lowest BCUT2D eigenvalue weighted by Gasteiger charge is -2.05. The molecule has 3 N–H and O–H groups in total. The van der Waals surface area contributed by atoms with Crippen molar-refractivity contribution in [3.63, 3.8) is 0 Å². The largest absolute Gasteiger partial charge is 0.339 e. The highest BCUT2D eigenvalue weighted by molar-refractivity contribution is 5.88. The summed E-state index contributed by atoms with van der Waals surface area (Å²) in [7, 11) is 0. The summed E-state index contributed by atoms with van der Waals surface area (Å²) in [6.45, 7) is 1.49. The van der Waals surface area contributed by atoms with Crippen LogP contribution in [0.1, 0.15) is 6.92 Å². The van der Waals surface area contributed by atoms with Crippen LogP contribution in [0.25, 0.3) is 16.9 Å². The van der Waals surface area contributed by atoms with Gasteiger partial charge in [0.1, 0.15) is 0 Å². The summed E-state index contributed by atoms with van der Waals surface area (Å²) >= 11 is 0. The molecule has 4 aromatic rings. The van der Waals surface area contributed by atoms with Gasteiger partial charge in [-0.25, -0.2) is 4.98 Å². The van der Waals surface area contributed by atoms with Crippen molar-refractivity contribution in [2.45, 2.75) is 6.92 Å². The molecule has 0 spiro atoms. The maximum Gasteiger partial charge on any atom is 0.221 e. The van der Waals surface area contributed by atoms with E-state index in [4.69, 9.17) is 0 Å². The Morgan fingerprint density at radius 2 is 1.78 bits per heavy atom. The van der Waals surface area contributed by atoms with Gasteiger partial charge in [-0.15, -0.1) is 0 Å². The topological polar surface area (TPSA) is 87.6 Å². The Labute approximate surface area is 156 Å². The molecule has 0 saturated carbocycles. The SMILES string of the molecule is CC(=O)Nc1ccc(Nc2cc(-c3ccc(-n4ccnc4)cc3)[nH]n2)cc1. The zero-order valence-electron chi connectivity index (χ0n) is 14.7. The molecule has 27 heavy (non-hydrogen) atoms. The first-order valence-electron chi connectivity index (χ1n) is 8.46. The Kier molecular flexibility index (Phi) is 4.40. The van der Waals surface area contributed by atoms with Crippen molar-refractivity contribution >= 4 is 23.1 Å². The number of rotatable bonds is 5. The molecule has 0 saturated heterocycles. The Morgan fingerprint density at radius 3 is 2.44 bits per heavy atom. The Bertz CT molecular complexity index is 1030. The summed E-state index contributed by atoms with van der Waals surface area (Å²) in [6.07, 6.45) is 5.43. The number of carbonyl (C=O) groups is 1. The van der Waals surface area contributed by atoms with Gasteiger partial charge in [0, 0.05) is 42.4 Å². The predicted molar refractivity (Wildman–Crippen MR) is 105 cm³/mol. The molecule has 0 aliphatic carbocycles. The van der Waals surface area contributed by atoms with Crippen LogP contribution in [0.5, 0.6) is 0 Å². The molecule has 0 aliphatic heterocycles. The van der Waals surface area contributed by atoms with Crippen LogP contribution in [-0.2, 0) is 4.79 Å². The Hall–Kier alpha value is -3.87. The number of amides is 1. The van der Waals surface area contributed by atoms with E-state index >= 15 is 0 Å². The molecular weight excluding hydrogens is 340 g/mol. The first-order chi connectivity index (χ1) is 13.2. The smallest absolute Gasteiger partial charge is 0.221 e. The molecule has 0 aliphatic rings. The number of H-pyrrole nitrogens is 1. The lowest BCUT2D eigenvalue weighted by atomic mass is 10.1. The van der Waals surface area contributed by atoms with Crippen LogP contribution < -0.4 is 10.6 Å². The summed E-state index contributed by atoms with van der Waals surface area (Å²) in [6, 6.07) is 17.5. The van der Waals surface area contributed by atoms with Gasteiger partial charge in [-0.3, -0.25) is 9.89 Å². The van der Waals surface area contributed by atoms with Gasteiger partial charge < -0.3 is 15.2 Å². The third kappa shape index (κ3) is 3.87. The third-order valence-corrected chi connectivity index (χ3v) is 4.04. The molecule has 0 bridgehead atoms. The van der Waals surface area contributed by atoms with E-state index in [9.17, 15) is 4.79 Å². The second kappa shape index (κ2) is 7.17. The lowest BCUT2D eigenvalue weighted by Crippen LogP contribution is -2.05. The second-order valence-electron chi connectivity index (χ2n) is 6.07. The van der Waals surface area contributed by atoms with E-state index in [1.165, 1.54) is 6.92 Å². The number of hydrogen-bond donors (Lipinski definition) is 3. The van der Waals surface area contributed by atoms with Crippen LogP contribution in [0.3, 0.4) is 0 Å². The summed E-state index contributed by atoms with van der Waals surface area (Å²) < 4.78 is 1.95. The number of hydrogen-bond acceptors (Lipinski definition) is 4. The summed E-state index contributed by atoms with van der Waals surface area (Å²) in [5, 5.41) is 13.3. The fourth-order valence-electron chi connectivity index (χ4n) is 2.75. The van der Waals surface area contributed by atoms with E-state index in [1.54, 1.807) is 12.5 Å². The van der Waals surface area contributed by atoms with Gasteiger partial charge in [0.25, 0.3) is 0 Å². The van der Waals surface area contributed by atoms with E-state index in [1.807, 2.05) is 65.4 Å². The number of nitrogens with zero attached hydrogens (tertiary/aromatic N) is 3. The van der Waals surface area contributed by atoms with E-state index in [0.29, 0.717) is 0 Å². The van der Waals surface area contributed by atoms with Crippen LogP contribution in [-0.4, -0.2) is 25.7 Å². The monoisotopic (exact) mass is 358 g/mol. The highest BCUT2D eigenvalue weighted by atomic mass is 16.1. The molecule has 7 nitrogen and oxygen atoms in total. The number of nitrogens with one attached hydrogen (secondary N) is 3. The van der Waals surface area contributed by atoms with Crippen molar-refractivity contribution in [2.75, 3.05) is 10.6 Å². The molecule has 2 aromatic carbocycles. The number of aromatic amines is 1. The van der Waals surface area contributed by atoms with Gasteiger partial charge in [-0.2, -0.15) is 5.10 Å². The maximum absolute atomic E-state index is 11.1. The van der Waals surface area contributed by atoms with Gasteiger partial charge in [0.05, 0.1) is 12.0 Å². The number of aromatic nitrogens is 4. The molecule has 1 amide bonds. The quantitative estimate of drug-likeness (QED) is 0.504. The van der Waals surface area contributed by atoms with Crippen molar-refractivity contribution in [2.24, 2.45) is 0 Å². The number of carbonyl (C=O) groups excluding carboxylic acids is 1. The van der Waals surface area contributed by atoms with Crippen molar-refractivity contribution in [1.29, 1.82) is 0 Å². The molecular formula is C20H18N6O. The first-order valence-corrected chi connectivity index (χ1v) is 8.46. The molecule has 2 aromatic heterocycles. The molecule has 0 unspecified atom stereocenters. The number of imidazole rings is 1. The highest BCUT2D eigenvalue weighted by Crippen LogP contribution is 2.24. The predicted octanol–water partition coefficient (Wildman–Crippen LogP) is 3.96. The van der Waals surface area contributed by atoms with Gasteiger partial charge in [-0.05, 0) is 42.0 Å². The van der Waals surface area contributed by atoms with Gasteiger partial charge in [-0.1, -0.05) is 12.1 Å². The average molecular weight is 358 g/mol.